The zero-order valence-electron chi connectivity index (χ0n) is 10.1. The average molecular weight is 315 g/mol. The van der Waals surface area contributed by atoms with Crippen molar-refractivity contribution in [1.82, 2.24) is 0 Å². The number of hydrogen-bond donors (Lipinski definition) is 1. The molecular formula is C16H11BrO2. The Hall–Kier alpha value is -1.87. The number of rotatable bonds is 1. The largest absolute Gasteiger partial charge is 0.508 e. The molecule has 0 heterocycles. The smallest absolute Gasteiger partial charge is 0.189 e. The molecule has 0 spiro atoms. The Morgan fingerprint density at radius 3 is 2.79 bits per heavy atom. The fourth-order valence-electron chi connectivity index (χ4n) is 2.32. The van der Waals surface area contributed by atoms with Crippen molar-refractivity contribution in [3.8, 4) is 5.75 Å². The highest BCUT2D eigenvalue weighted by atomic mass is 79.9. The quantitative estimate of drug-likeness (QED) is 0.808. The van der Waals surface area contributed by atoms with Crippen molar-refractivity contribution >= 4 is 27.8 Å². The molecule has 2 aromatic rings. The fraction of sp³-hybridized carbons (Fsp3) is 0.0625. The molecule has 2 aromatic carbocycles. The molecular weight excluding hydrogens is 304 g/mol. The van der Waals surface area contributed by atoms with Gasteiger partial charge in [0, 0.05) is 22.0 Å². The van der Waals surface area contributed by atoms with Gasteiger partial charge in [0.15, 0.2) is 5.78 Å². The Morgan fingerprint density at radius 2 is 2.00 bits per heavy atom. The lowest BCUT2D eigenvalue weighted by molar-refractivity contribution is 0.104. The highest BCUT2D eigenvalue weighted by Crippen LogP contribution is 2.30. The second kappa shape index (κ2) is 4.67. The van der Waals surface area contributed by atoms with Crippen LogP contribution in [-0.4, -0.2) is 10.9 Å². The summed E-state index contributed by atoms with van der Waals surface area (Å²) in [6.07, 6.45) is 2.49. The van der Waals surface area contributed by atoms with Crippen LogP contribution in [-0.2, 0) is 6.42 Å². The summed E-state index contributed by atoms with van der Waals surface area (Å²) >= 11 is 3.42. The number of carbonyl (C=O) groups is 1. The van der Waals surface area contributed by atoms with Gasteiger partial charge in [0.25, 0.3) is 0 Å². The van der Waals surface area contributed by atoms with E-state index in [1.807, 2.05) is 30.3 Å². The van der Waals surface area contributed by atoms with Crippen LogP contribution in [0.25, 0.3) is 6.08 Å². The Morgan fingerprint density at radius 1 is 1.16 bits per heavy atom. The van der Waals surface area contributed by atoms with Crippen LogP contribution in [0.15, 0.2) is 52.5 Å². The van der Waals surface area contributed by atoms with E-state index in [9.17, 15) is 9.90 Å². The van der Waals surface area contributed by atoms with Gasteiger partial charge in [0.1, 0.15) is 5.75 Å². The van der Waals surface area contributed by atoms with Crippen molar-refractivity contribution in [3.05, 3.63) is 69.2 Å². The molecule has 0 atom stereocenters. The maximum atomic E-state index is 12.2. The molecule has 0 saturated heterocycles. The van der Waals surface area contributed by atoms with Crippen LogP contribution in [0.4, 0.5) is 0 Å². The van der Waals surface area contributed by atoms with Gasteiger partial charge in [0.05, 0.1) is 0 Å². The molecule has 2 nitrogen and oxygen atoms in total. The normalized spacial score (nSPS) is 15.8. The van der Waals surface area contributed by atoms with Crippen molar-refractivity contribution in [3.63, 3.8) is 0 Å². The van der Waals surface area contributed by atoms with E-state index >= 15 is 0 Å². The van der Waals surface area contributed by atoms with Gasteiger partial charge in [-0.2, -0.15) is 0 Å². The third-order valence-corrected chi connectivity index (χ3v) is 3.69. The minimum Gasteiger partial charge on any atom is -0.508 e. The lowest BCUT2D eigenvalue weighted by Gasteiger charge is -1.97. The molecule has 0 aromatic heterocycles. The van der Waals surface area contributed by atoms with E-state index in [4.69, 9.17) is 0 Å². The summed E-state index contributed by atoms with van der Waals surface area (Å²) in [7, 11) is 0. The zero-order chi connectivity index (χ0) is 13.4. The number of aromatic hydroxyl groups is 1. The van der Waals surface area contributed by atoms with Crippen LogP contribution in [0.1, 0.15) is 21.5 Å². The lowest BCUT2D eigenvalue weighted by Crippen LogP contribution is -1.94. The number of phenols is 1. The van der Waals surface area contributed by atoms with E-state index in [1.165, 1.54) is 0 Å². The van der Waals surface area contributed by atoms with Gasteiger partial charge in [-0.3, -0.25) is 4.79 Å². The standard InChI is InChI=1S/C16H11BrO2/c17-13-3-1-2-10(7-13)6-12-8-11-9-14(18)4-5-15(11)16(12)19/h1-7,9,18H,8H2. The number of ketones is 1. The van der Waals surface area contributed by atoms with Crippen LogP contribution >= 0.6 is 15.9 Å². The second-order valence-electron chi connectivity index (χ2n) is 4.57. The van der Waals surface area contributed by atoms with Gasteiger partial charge >= 0.3 is 0 Å². The van der Waals surface area contributed by atoms with E-state index in [2.05, 4.69) is 15.9 Å². The SMILES string of the molecule is O=C1C(=Cc2cccc(Br)c2)Cc2cc(O)ccc21. The topological polar surface area (TPSA) is 37.3 Å². The maximum absolute atomic E-state index is 12.2. The van der Waals surface area contributed by atoms with Gasteiger partial charge in [-0.15, -0.1) is 0 Å². The zero-order valence-corrected chi connectivity index (χ0v) is 11.6. The maximum Gasteiger partial charge on any atom is 0.189 e. The number of hydrogen-bond acceptors (Lipinski definition) is 2. The number of allylic oxidation sites excluding steroid dienone is 1. The number of carbonyl (C=O) groups excluding carboxylic acids is 1. The molecule has 0 saturated carbocycles. The molecule has 1 aliphatic carbocycles. The Balaban J connectivity index is 1.99. The fourth-order valence-corrected chi connectivity index (χ4v) is 2.74. The predicted octanol–water partition coefficient (Wildman–Crippen LogP) is 3.98. The summed E-state index contributed by atoms with van der Waals surface area (Å²) in [5.41, 5.74) is 3.35. The van der Waals surface area contributed by atoms with Crippen LogP contribution in [0.2, 0.25) is 0 Å². The second-order valence-corrected chi connectivity index (χ2v) is 5.49. The number of fused-ring (bicyclic) bond motifs is 1. The molecule has 3 heteroatoms. The minimum absolute atomic E-state index is 0.0509. The first kappa shape index (κ1) is 12.2. The first-order chi connectivity index (χ1) is 9.13. The van der Waals surface area contributed by atoms with Gasteiger partial charge in [-0.1, -0.05) is 28.1 Å². The highest BCUT2D eigenvalue weighted by molar-refractivity contribution is 9.10. The van der Waals surface area contributed by atoms with Crippen molar-refractivity contribution in [1.29, 1.82) is 0 Å². The molecule has 19 heavy (non-hydrogen) atoms. The van der Waals surface area contributed by atoms with E-state index in [-0.39, 0.29) is 11.5 Å². The Kier molecular flexibility index (Phi) is 2.99. The molecule has 0 fully saturated rings. The Labute approximate surface area is 119 Å². The lowest BCUT2D eigenvalue weighted by atomic mass is 10.1. The molecule has 1 N–H and O–H groups in total. The molecule has 1 aliphatic rings. The van der Waals surface area contributed by atoms with Crippen molar-refractivity contribution in [2.75, 3.05) is 0 Å². The first-order valence-electron chi connectivity index (χ1n) is 5.96. The molecule has 0 amide bonds. The summed E-state index contributed by atoms with van der Waals surface area (Å²) < 4.78 is 0.988. The summed E-state index contributed by atoms with van der Waals surface area (Å²) in [5.74, 6) is 0.255. The summed E-state index contributed by atoms with van der Waals surface area (Å²) in [6, 6.07) is 12.7. The van der Waals surface area contributed by atoms with Crippen LogP contribution in [0, 0.1) is 0 Å². The van der Waals surface area contributed by atoms with Gasteiger partial charge in [0.2, 0.25) is 0 Å². The van der Waals surface area contributed by atoms with Crippen molar-refractivity contribution in [2.24, 2.45) is 0 Å². The minimum atomic E-state index is 0.0509. The average Bonchev–Trinajstić information content (AvgIpc) is 2.66. The van der Waals surface area contributed by atoms with E-state index in [0.29, 0.717) is 12.0 Å². The molecule has 0 bridgehead atoms. The Bertz CT molecular complexity index is 702. The van der Waals surface area contributed by atoms with E-state index in [0.717, 1.165) is 21.2 Å². The summed E-state index contributed by atoms with van der Waals surface area (Å²) in [4.78, 5) is 12.2. The predicted molar refractivity (Wildman–Crippen MR) is 78.3 cm³/mol. The highest BCUT2D eigenvalue weighted by Gasteiger charge is 2.24. The van der Waals surface area contributed by atoms with Crippen LogP contribution in [0.5, 0.6) is 5.75 Å². The number of Topliss-reactive ketones (excluding diaryl/α,β-unsaturated/α-hetero) is 1. The molecule has 0 unspecified atom stereocenters. The molecule has 94 valence electrons. The third kappa shape index (κ3) is 2.34. The summed E-state index contributed by atoms with van der Waals surface area (Å²) in [5, 5.41) is 9.46. The number of phenolic OH excluding ortho intramolecular Hbond substituents is 1. The van der Waals surface area contributed by atoms with Crippen LogP contribution in [0.3, 0.4) is 0 Å². The van der Waals surface area contributed by atoms with Gasteiger partial charge < -0.3 is 5.11 Å². The van der Waals surface area contributed by atoms with E-state index in [1.54, 1.807) is 18.2 Å². The monoisotopic (exact) mass is 314 g/mol. The van der Waals surface area contributed by atoms with E-state index < -0.39 is 0 Å². The van der Waals surface area contributed by atoms with Crippen LogP contribution < -0.4 is 0 Å². The van der Waals surface area contributed by atoms with Crippen molar-refractivity contribution in [2.45, 2.75) is 6.42 Å². The number of halogens is 1. The van der Waals surface area contributed by atoms with Gasteiger partial charge in [-0.05, 0) is 47.5 Å². The summed E-state index contributed by atoms with van der Waals surface area (Å²) in [6.45, 7) is 0. The molecule has 3 rings (SSSR count). The first-order valence-corrected chi connectivity index (χ1v) is 6.75. The van der Waals surface area contributed by atoms with Gasteiger partial charge in [-0.25, -0.2) is 0 Å². The molecule has 0 radical (unpaired) electrons. The van der Waals surface area contributed by atoms with Crippen molar-refractivity contribution < 1.29 is 9.90 Å². The molecule has 0 aliphatic heterocycles. The third-order valence-electron chi connectivity index (χ3n) is 3.20. The number of benzene rings is 2.